The summed E-state index contributed by atoms with van der Waals surface area (Å²) in [6.45, 7) is 0. The highest BCUT2D eigenvalue weighted by atomic mass is 79.9. The lowest BCUT2D eigenvalue weighted by Gasteiger charge is -2.27. The van der Waals surface area contributed by atoms with Crippen LogP contribution in [0.1, 0.15) is 48.9 Å². The summed E-state index contributed by atoms with van der Waals surface area (Å²) in [5.41, 5.74) is 0.545. The highest BCUT2D eigenvalue weighted by molar-refractivity contribution is 9.10. The third-order valence-electron chi connectivity index (χ3n) is 4.02. The van der Waals surface area contributed by atoms with Gasteiger partial charge >= 0.3 is 5.97 Å². The summed E-state index contributed by atoms with van der Waals surface area (Å²) in [7, 11) is 0. The number of halogens is 1. The van der Waals surface area contributed by atoms with Crippen molar-refractivity contribution in [2.75, 3.05) is 0 Å². The van der Waals surface area contributed by atoms with Crippen LogP contribution in [0.5, 0.6) is 0 Å². The lowest BCUT2D eigenvalue weighted by atomic mass is 9.86. The first-order valence-corrected chi connectivity index (χ1v) is 8.17. The molecule has 0 aromatic heterocycles. The van der Waals surface area contributed by atoms with Crippen molar-refractivity contribution >= 4 is 27.8 Å². The Kier molecular flexibility index (Phi) is 5.79. The molecule has 0 aliphatic heterocycles. The van der Waals surface area contributed by atoms with Gasteiger partial charge in [-0.2, -0.15) is 0 Å². The quantitative estimate of drug-likeness (QED) is 0.872. The minimum Gasteiger partial charge on any atom is -0.481 e. The fourth-order valence-corrected chi connectivity index (χ4v) is 3.31. The molecule has 1 fully saturated rings. The Balaban J connectivity index is 2.12. The zero-order valence-corrected chi connectivity index (χ0v) is 13.4. The topological polar surface area (TPSA) is 66.4 Å². The van der Waals surface area contributed by atoms with Crippen molar-refractivity contribution < 1.29 is 14.7 Å². The predicted molar refractivity (Wildman–Crippen MR) is 84.2 cm³/mol. The maximum absolute atomic E-state index is 12.4. The second-order valence-corrected chi connectivity index (χ2v) is 6.35. The van der Waals surface area contributed by atoms with Crippen LogP contribution in [-0.2, 0) is 4.79 Å². The molecular formula is C16H20BrNO3. The Morgan fingerprint density at radius 3 is 2.43 bits per heavy atom. The third kappa shape index (κ3) is 4.30. The molecule has 0 radical (unpaired) electrons. The molecule has 1 aliphatic carbocycles. The van der Waals surface area contributed by atoms with Crippen LogP contribution in [0.3, 0.4) is 0 Å². The standard InChI is InChI=1S/C16H20BrNO3/c17-13-9-6-5-7-11(13)15(19)18-14-10-4-2-1-3-8-12(14)16(20)21/h5-7,9,12,14H,1-4,8,10H2,(H,18,19)(H,20,21). The Labute approximate surface area is 133 Å². The highest BCUT2D eigenvalue weighted by Gasteiger charge is 2.30. The molecule has 1 saturated carbocycles. The minimum absolute atomic E-state index is 0.209. The monoisotopic (exact) mass is 353 g/mol. The van der Waals surface area contributed by atoms with Crippen LogP contribution < -0.4 is 5.32 Å². The molecule has 1 aromatic carbocycles. The first kappa shape index (κ1) is 16.0. The van der Waals surface area contributed by atoms with Gasteiger partial charge in [0.15, 0.2) is 0 Å². The second-order valence-electron chi connectivity index (χ2n) is 5.50. The second kappa shape index (κ2) is 7.59. The number of nitrogens with one attached hydrogen (secondary N) is 1. The largest absolute Gasteiger partial charge is 0.481 e. The van der Waals surface area contributed by atoms with E-state index in [1.165, 1.54) is 0 Å². The van der Waals surface area contributed by atoms with E-state index in [1.807, 2.05) is 12.1 Å². The van der Waals surface area contributed by atoms with Gasteiger partial charge < -0.3 is 10.4 Å². The summed E-state index contributed by atoms with van der Waals surface area (Å²) in [5.74, 6) is -1.51. The molecular weight excluding hydrogens is 334 g/mol. The summed E-state index contributed by atoms with van der Waals surface area (Å²) < 4.78 is 0.722. The van der Waals surface area contributed by atoms with Gasteiger partial charge in [-0.3, -0.25) is 9.59 Å². The van der Waals surface area contributed by atoms with E-state index in [1.54, 1.807) is 12.1 Å². The number of benzene rings is 1. The zero-order chi connectivity index (χ0) is 15.2. The van der Waals surface area contributed by atoms with Crippen LogP contribution in [0.25, 0.3) is 0 Å². The van der Waals surface area contributed by atoms with Crippen LogP contribution in [0.4, 0.5) is 0 Å². The average molecular weight is 354 g/mol. The molecule has 21 heavy (non-hydrogen) atoms. The fourth-order valence-electron chi connectivity index (χ4n) is 2.84. The van der Waals surface area contributed by atoms with E-state index in [0.29, 0.717) is 12.0 Å². The molecule has 1 amide bonds. The van der Waals surface area contributed by atoms with Gasteiger partial charge in [0.05, 0.1) is 11.5 Å². The van der Waals surface area contributed by atoms with Crippen molar-refractivity contribution in [3.8, 4) is 0 Å². The van der Waals surface area contributed by atoms with E-state index < -0.39 is 11.9 Å². The Morgan fingerprint density at radius 1 is 1.10 bits per heavy atom. The van der Waals surface area contributed by atoms with Gasteiger partial charge in [-0.1, -0.05) is 37.8 Å². The van der Waals surface area contributed by atoms with Crippen molar-refractivity contribution in [1.29, 1.82) is 0 Å². The molecule has 4 nitrogen and oxygen atoms in total. The summed E-state index contributed by atoms with van der Waals surface area (Å²) >= 11 is 3.36. The van der Waals surface area contributed by atoms with Crippen LogP contribution >= 0.6 is 15.9 Å². The number of hydrogen-bond acceptors (Lipinski definition) is 2. The van der Waals surface area contributed by atoms with E-state index in [9.17, 15) is 14.7 Å². The van der Waals surface area contributed by atoms with Gasteiger partial charge in [-0.25, -0.2) is 0 Å². The first-order valence-electron chi connectivity index (χ1n) is 7.38. The molecule has 0 bridgehead atoms. The number of carbonyl (C=O) groups excluding carboxylic acids is 1. The molecule has 2 rings (SSSR count). The van der Waals surface area contributed by atoms with E-state index in [-0.39, 0.29) is 11.9 Å². The molecule has 1 aromatic rings. The summed E-state index contributed by atoms with van der Waals surface area (Å²) in [6.07, 6.45) is 5.43. The lowest BCUT2D eigenvalue weighted by Crippen LogP contribution is -2.44. The smallest absolute Gasteiger partial charge is 0.308 e. The molecule has 0 saturated heterocycles. The fraction of sp³-hybridized carbons (Fsp3) is 0.500. The normalized spacial score (nSPS) is 22.9. The van der Waals surface area contributed by atoms with Crippen LogP contribution in [0.2, 0.25) is 0 Å². The van der Waals surface area contributed by atoms with Crippen LogP contribution in [-0.4, -0.2) is 23.0 Å². The Hall–Kier alpha value is -1.36. The SMILES string of the molecule is O=C(NC1CCCCCCC1C(=O)O)c1ccccc1Br. The average Bonchev–Trinajstić information content (AvgIpc) is 2.41. The maximum Gasteiger partial charge on any atom is 0.308 e. The van der Waals surface area contributed by atoms with Crippen LogP contribution in [0.15, 0.2) is 28.7 Å². The van der Waals surface area contributed by atoms with E-state index in [0.717, 1.165) is 36.6 Å². The van der Waals surface area contributed by atoms with Crippen molar-refractivity contribution in [1.82, 2.24) is 5.32 Å². The molecule has 2 N–H and O–H groups in total. The van der Waals surface area contributed by atoms with Crippen molar-refractivity contribution in [3.63, 3.8) is 0 Å². The molecule has 0 heterocycles. The summed E-state index contributed by atoms with van der Waals surface area (Å²) in [4.78, 5) is 23.8. The summed E-state index contributed by atoms with van der Waals surface area (Å²) in [6, 6.07) is 6.89. The van der Waals surface area contributed by atoms with Gasteiger partial charge in [0.1, 0.15) is 0 Å². The van der Waals surface area contributed by atoms with Crippen LogP contribution in [0, 0.1) is 5.92 Å². The lowest BCUT2D eigenvalue weighted by molar-refractivity contribution is -0.143. The molecule has 2 atom stereocenters. The maximum atomic E-state index is 12.4. The predicted octanol–water partition coefficient (Wildman–Crippen LogP) is 3.60. The third-order valence-corrected chi connectivity index (χ3v) is 4.71. The van der Waals surface area contributed by atoms with Crippen molar-refractivity contribution in [2.24, 2.45) is 5.92 Å². The number of carbonyl (C=O) groups is 2. The number of rotatable bonds is 3. The van der Waals surface area contributed by atoms with E-state index >= 15 is 0 Å². The number of carboxylic acid groups (broad SMARTS) is 1. The molecule has 1 aliphatic rings. The summed E-state index contributed by atoms with van der Waals surface area (Å²) in [5, 5.41) is 12.3. The Bertz CT molecular complexity index is 518. The number of aliphatic carboxylic acids is 1. The number of hydrogen-bond donors (Lipinski definition) is 2. The van der Waals surface area contributed by atoms with Gasteiger partial charge in [-0.05, 0) is 40.9 Å². The van der Waals surface area contributed by atoms with Gasteiger partial charge in [0.2, 0.25) is 0 Å². The van der Waals surface area contributed by atoms with Gasteiger partial charge in [-0.15, -0.1) is 0 Å². The van der Waals surface area contributed by atoms with Crippen molar-refractivity contribution in [3.05, 3.63) is 34.3 Å². The van der Waals surface area contributed by atoms with Gasteiger partial charge in [0.25, 0.3) is 5.91 Å². The zero-order valence-electron chi connectivity index (χ0n) is 11.8. The van der Waals surface area contributed by atoms with Crippen molar-refractivity contribution in [2.45, 2.75) is 44.6 Å². The van der Waals surface area contributed by atoms with E-state index in [2.05, 4.69) is 21.2 Å². The number of amides is 1. The first-order chi connectivity index (χ1) is 10.1. The molecule has 2 unspecified atom stereocenters. The van der Waals surface area contributed by atoms with Gasteiger partial charge in [0, 0.05) is 10.5 Å². The molecule has 114 valence electrons. The van der Waals surface area contributed by atoms with E-state index in [4.69, 9.17) is 0 Å². The number of carboxylic acids is 1. The Morgan fingerprint density at radius 2 is 1.76 bits per heavy atom. The highest BCUT2D eigenvalue weighted by Crippen LogP contribution is 2.24. The molecule has 5 heteroatoms. The molecule has 0 spiro atoms. The minimum atomic E-state index is -0.811.